The Morgan fingerprint density at radius 1 is 1.14 bits per heavy atom. The van der Waals surface area contributed by atoms with Gasteiger partial charge in [0.2, 0.25) is 0 Å². The van der Waals surface area contributed by atoms with E-state index >= 15 is 0 Å². The van der Waals surface area contributed by atoms with Crippen LogP contribution in [-0.2, 0) is 13.3 Å². The average Bonchev–Trinajstić information content (AvgIpc) is 2.04. The van der Waals surface area contributed by atoms with E-state index in [2.05, 4.69) is 6.92 Å². The number of hydrogen-bond donors (Lipinski definition) is 1. The molecule has 0 heterocycles. The van der Waals surface area contributed by atoms with Crippen LogP contribution < -0.4 is 0 Å². The summed E-state index contributed by atoms with van der Waals surface area (Å²) in [7, 11) is -3.35. The van der Waals surface area contributed by atoms with E-state index in [0.29, 0.717) is 13.2 Å². The maximum Gasteiger partial charge on any atom is 0.677 e. The van der Waals surface area contributed by atoms with Gasteiger partial charge in [0.1, 0.15) is 0 Å². The molecule has 14 heavy (non-hydrogen) atoms. The van der Waals surface area contributed by atoms with Crippen LogP contribution in [0.25, 0.3) is 0 Å². The third-order valence-electron chi connectivity index (χ3n) is 1.70. The summed E-state index contributed by atoms with van der Waals surface area (Å²) in [6.07, 6.45) is 1.90. The molecule has 0 saturated carbocycles. The molecule has 5 heteroatoms. The maximum absolute atomic E-state index is 9.88. The molecule has 1 N–H and O–H groups in total. The molecular formula is C9H22O4Si. The normalized spacial score (nSPS) is 14.4. The minimum Gasteiger partial charge on any atom is -0.367 e. The molecule has 0 aliphatic carbocycles. The molecule has 0 aromatic heterocycles. The van der Waals surface area contributed by atoms with Gasteiger partial charge in [-0.15, -0.1) is 0 Å². The Balaban J connectivity index is 4.05. The van der Waals surface area contributed by atoms with Crippen LogP contribution in [0.4, 0.5) is 0 Å². The van der Waals surface area contributed by atoms with Gasteiger partial charge in [-0.1, -0.05) is 13.3 Å². The summed E-state index contributed by atoms with van der Waals surface area (Å²) in [5.41, 5.74) is 0. The molecule has 0 spiro atoms. The fraction of sp³-hybridized carbons (Fsp3) is 1.00. The van der Waals surface area contributed by atoms with Crippen LogP contribution in [0.15, 0.2) is 0 Å². The molecule has 0 bridgehead atoms. The number of hydrogen-bond acceptors (Lipinski definition) is 4. The first-order chi connectivity index (χ1) is 6.58. The molecule has 86 valence electrons. The molecule has 0 rings (SSSR count). The molecule has 0 fully saturated rings. The van der Waals surface area contributed by atoms with Crippen LogP contribution in [0.5, 0.6) is 0 Å². The molecule has 0 aliphatic rings. The summed E-state index contributed by atoms with van der Waals surface area (Å²) >= 11 is 0. The predicted molar refractivity (Wildman–Crippen MR) is 56.7 cm³/mol. The summed E-state index contributed by atoms with van der Waals surface area (Å²) in [6.45, 7) is 8.42. The second-order valence-corrected chi connectivity index (χ2v) is 4.97. The lowest BCUT2D eigenvalue weighted by Crippen LogP contribution is -2.48. The summed E-state index contributed by atoms with van der Waals surface area (Å²) in [5.74, 6) is 0. The van der Waals surface area contributed by atoms with Crippen LogP contribution in [0.1, 0.15) is 40.5 Å². The molecule has 1 unspecified atom stereocenters. The Hall–Kier alpha value is 0.0569. The lowest BCUT2D eigenvalue weighted by atomic mass is 10.2. The van der Waals surface area contributed by atoms with Gasteiger partial charge in [0.15, 0.2) is 0 Å². The molecule has 0 saturated heterocycles. The Bertz CT molecular complexity index is 137. The van der Waals surface area contributed by atoms with Gasteiger partial charge in [0.25, 0.3) is 0 Å². The van der Waals surface area contributed by atoms with Gasteiger partial charge in [-0.05, 0) is 27.2 Å². The van der Waals surface area contributed by atoms with Crippen molar-refractivity contribution in [2.24, 2.45) is 0 Å². The topological polar surface area (TPSA) is 47.9 Å². The highest BCUT2D eigenvalue weighted by molar-refractivity contribution is 6.51. The molecule has 4 nitrogen and oxygen atoms in total. The minimum absolute atomic E-state index is 0.0187. The van der Waals surface area contributed by atoms with Crippen molar-refractivity contribution in [3.05, 3.63) is 0 Å². The molecular weight excluding hydrogens is 200 g/mol. The van der Waals surface area contributed by atoms with Crippen LogP contribution in [-0.4, -0.2) is 33.2 Å². The zero-order valence-electron chi connectivity index (χ0n) is 9.58. The van der Waals surface area contributed by atoms with E-state index in [1.54, 1.807) is 0 Å². The van der Waals surface area contributed by atoms with Crippen LogP contribution >= 0.6 is 0 Å². The van der Waals surface area contributed by atoms with E-state index in [-0.39, 0.29) is 6.10 Å². The van der Waals surface area contributed by atoms with E-state index in [4.69, 9.17) is 13.3 Å². The van der Waals surface area contributed by atoms with Crippen molar-refractivity contribution < 1.29 is 18.1 Å². The molecule has 0 aromatic rings. The van der Waals surface area contributed by atoms with E-state index < -0.39 is 9.05 Å². The monoisotopic (exact) mass is 222 g/mol. The Morgan fingerprint density at radius 3 is 2.00 bits per heavy atom. The number of rotatable bonds is 8. The van der Waals surface area contributed by atoms with E-state index in [1.807, 2.05) is 20.8 Å². The van der Waals surface area contributed by atoms with Crippen molar-refractivity contribution in [3.8, 4) is 0 Å². The van der Waals surface area contributed by atoms with Crippen molar-refractivity contribution in [2.45, 2.75) is 46.6 Å². The molecule has 0 amide bonds. The van der Waals surface area contributed by atoms with Crippen molar-refractivity contribution in [3.63, 3.8) is 0 Å². The van der Waals surface area contributed by atoms with Crippen molar-refractivity contribution in [2.75, 3.05) is 13.2 Å². The average molecular weight is 222 g/mol. The van der Waals surface area contributed by atoms with Gasteiger partial charge in [0, 0.05) is 19.3 Å². The molecule has 0 radical (unpaired) electrons. The van der Waals surface area contributed by atoms with E-state index in [9.17, 15) is 4.80 Å². The predicted octanol–water partition coefficient (Wildman–Crippen LogP) is 1.69. The standard InChI is InChI=1S/C9H22O4Si/c1-5-8-9(4)13-14(10,11-6-2)12-7-3/h9-10H,5-8H2,1-4H3. The second-order valence-electron chi connectivity index (χ2n) is 3.11. The van der Waals surface area contributed by atoms with Crippen molar-refractivity contribution >= 4 is 9.05 Å². The second kappa shape index (κ2) is 7.36. The summed E-state index contributed by atoms with van der Waals surface area (Å²) in [5, 5.41) is 0. The first-order valence-corrected chi connectivity index (χ1v) is 6.93. The fourth-order valence-electron chi connectivity index (χ4n) is 1.19. The summed E-state index contributed by atoms with van der Waals surface area (Å²) in [4.78, 5) is 9.88. The first kappa shape index (κ1) is 14.1. The van der Waals surface area contributed by atoms with Crippen LogP contribution in [0.2, 0.25) is 0 Å². The zero-order chi connectivity index (χ0) is 11.0. The van der Waals surface area contributed by atoms with Gasteiger partial charge < -0.3 is 18.1 Å². The molecule has 0 aromatic carbocycles. The minimum atomic E-state index is -3.35. The maximum atomic E-state index is 9.88. The van der Waals surface area contributed by atoms with E-state index in [1.165, 1.54) is 0 Å². The van der Waals surface area contributed by atoms with Gasteiger partial charge >= 0.3 is 9.05 Å². The lowest BCUT2D eigenvalue weighted by Gasteiger charge is -2.25. The van der Waals surface area contributed by atoms with Crippen LogP contribution in [0.3, 0.4) is 0 Å². The highest BCUT2D eigenvalue weighted by atomic mass is 28.4. The summed E-state index contributed by atoms with van der Waals surface area (Å²) in [6, 6.07) is 0. The Kier molecular flexibility index (Phi) is 7.39. The first-order valence-electron chi connectivity index (χ1n) is 5.26. The van der Waals surface area contributed by atoms with E-state index in [0.717, 1.165) is 12.8 Å². The van der Waals surface area contributed by atoms with Gasteiger partial charge in [0.05, 0.1) is 0 Å². The highest BCUT2D eigenvalue weighted by Gasteiger charge is 2.41. The van der Waals surface area contributed by atoms with Gasteiger partial charge in [-0.3, -0.25) is 0 Å². The highest BCUT2D eigenvalue weighted by Crippen LogP contribution is 2.12. The quantitative estimate of drug-likeness (QED) is 0.635. The third-order valence-corrected chi connectivity index (χ3v) is 3.71. The van der Waals surface area contributed by atoms with Crippen LogP contribution in [0, 0.1) is 0 Å². The lowest BCUT2D eigenvalue weighted by molar-refractivity contribution is -0.0256. The summed E-state index contributed by atoms with van der Waals surface area (Å²) < 4.78 is 15.7. The zero-order valence-corrected chi connectivity index (χ0v) is 10.6. The third kappa shape index (κ3) is 5.72. The fourth-order valence-corrected chi connectivity index (χ4v) is 2.77. The van der Waals surface area contributed by atoms with Crippen molar-refractivity contribution in [1.29, 1.82) is 0 Å². The largest absolute Gasteiger partial charge is 0.677 e. The Morgan fingerprint density at radius 2 is 1.64 bits per heavy atom. The van der Waals surface area contributed by atoms with Gasteiger partial charge in [-0.25, -0.2) is 0 Å². The van der Waals surface area contributed by atoms with Gasteiger partial charge in [-0.2, -0.15) is 0 Å². The Labute approximate surface area is 87.7 Å². The molecule has 1 atom stereocenters. The smallest absolute Gasteiger partial charge is 0.367 e. The SMILES string of the molecule is CCCC(C)O[Si](O)(OCC)OCC. The molecule has 0 aliphatic heterocycles. The van der Waals surface area contributed by atoms with Crippen molar-refractivity contribution in [1.82, 2.24) is 0 Å².